The van der Waals surface area contributed by atoms with Crippen molar-refractivity contribution in [1.82, 2.24) is 14.7 Å². The van der Waals surface area contributed by atoms with Crippen LogP contribution in [-0.4, -0.2) is 39.3 Å². The van der Waals surface area contributed by atoms with Crippen LogP contribution in [0.15, 0.2) is 6.20 Å². The molecule has 1 aromatic rings. The molecule has 78 valence electrons. The SMILES string of the molecule is CCN(C)Cc1c(C(=O)O)cnn1C. The summed E-state index contributed by atoms with van der Waals surface area (Å²) in [4.78, 5) is 12.9. The van der Waals surface area contributed by atoms with Gasteiger partial charge in [-0.3, -0.25) is 4.68 Å². The van der Waals surface area contributed by atoms with E-state index in [-0.39, 0.29) is 5.56 Å². The zero-order valence-corrected chi connectivity index (χ0v) is 8.69. The van der Waals surface area contributed by atoms with E-state index in [2.05, 4.69) is 5.10 Å². The lowest BCUT2D eigenvalue weighted by atomic mass is 10.2. The highest BCUT2D eigenvalue weighted by molar-refractivity contribution is 5.88. The number of carboxylic acid groups (broad SMARTS) is 1. The van der Waals surface area contributed by atoms with Crippen LogP contribution in [-0.2, 0) is 13.6 Å². The van der Waals surface area contributed by atoms with Gasteiger partial charge in [-0.05, 0) is 13.6 Å². The first-order valence-electron chi connectivity index (χ1n) is 4.49. The molecular weight excluding hydrogens is 182 g/mol. The molecule has 1 aromatic heterocycles. The largest absolute Gasteiger partial charge is 0.478 e. The number of aromatic nitrogens is 2. The first-order valence-corrected chi connectivity index (χ1v) is 4.49. The number of hydrogen-bond acceptors (Lipinski definition) is 3. The van der Waals surface area contributed by atoms with E-state index in [0.29, 0.717) is 6.54 Å². The fourth-order valence-electron chi connectivity index (χ4n) is 1.20. The molecule has 5 heteroatoms. The monoisotopic (exact) mass is 197 g/mol. The Labute approximate surface area is 82.9 Å². The Morgan fingerprint density at radius 3 is 2.86 bits per heavy atom. The van der Waals surface area contributed by atoms with Crippen LogP contribution >= 0.6 is 0 Å². The molecule has 0 bridgehead atoms. The Balaban J connectivity index is 2.93. The van der Waals surface area contributed by atoms with Crippen LogP contribution in [0.4, 0.5) is 0 Å². The van der Waals surface area contributed by atoms with Gasteiger partial charge in [0, 0.05) is 13.6 Å². The Hall–Kier alpha value is -1.36. The predicted octanol–water partition coefficient (Wildman–Crippen LogP) is 0.570. The van der Waals surface area contributed by atoms with E-state index in [1.54, 1.807) is 11.7 Å². The second-order valence-electron chi connectivity index (χ2n) is 3.26. The maximum absolute atomic E-state index is 10.8. The van der Waals surface area contributed by atoms with Crippen LogP contribution in [0.1, 0.15) is 23.0 Å². The van der Waals surface area contributed by atoms with Gasteiger partial charge in [-0.2, -0.15) is 5.10 Å². The van der Waals surface area contributed by atoms with Crippen LogP contribution < -0.4 is 0 Å². The third-order valence-electron chi connectivity index (χ3n) is 2.25. The van der Waals surface area contributed by atoms with E-state index < -0.39 is 5.97 Å². The van der Waals surface area contributed by atoms with Gasteiger partial charge in [-0.1, -0.05) is 6.92 Å². The Morgan fingerprint density at radius 1 is 1.71 bits per heavy atom. The van der Waals surface area contributed by atoms with E-state index in [1.165, 1.54) is 6.20 Å². The van der Waals surface area contributed by atoms with Gasteiger partial charge in [0.1, 0.15) is 5.56 Å². The normalized spacial score (nSPS) is 10.9. The average molecular weight is 197 g/mol. The van der Waals surface area contributed by atoms with Crippen molar-refractivity contribution in [2.75, 3.05) is 13.6 Å². The molecule has 0 aliphatic rings. The van der Waals surface area contributed by atoms with Crippen LogP contribution in [0.25, 0.3) is 0 Å². The average Bonchev–Trinajstić information content (AvgIpc) is 2.48. The lowest BCUT2D eigenvalue weighted by Gasteiger charge is -2.14. The van der Waals surface area contributed by atoms with Gasteiger partial charge in [0.15, 0.2) is 0 Å². The molecule has 1 N–H and O–H groups in total. The van der Waals surface area contributed by atoms with Crippen molar-refractivity contribution >= 4 is 5.97 Å². The summed E-state index contributed by atoms with van der Waals surface area (Å²) < 4.78 is 1.61. The molecule has 5 nitrogen and oxygen atoms in total. The third kappa shape index (κ3) is 2.11. The summed E-state index contributed by atoms with van der Waals surface area (Å²) in [6.45, 7) is 3.51. The molecule has 0 aliphatic heterocycles. The number of aryl methyl sites for hydroxylation is 1. The van der Waals surface area contributed by atoms with E-state index >= 15 is 0 Å². The van der Waals surface area contributed by atoms with Crippen LogP contribution in [0, 0.1) is 0 Å². The van der Waals surface area contributed by atoms with Crippen molar-refractivity contribution in [2.24, 2.45) is 7.05 Å². The van der Waals surface area contributed by atoms with Gasteiger partial charge in [-0.25, -0.2) is 4.79 Å². The Morgan fingerprint density at radius 2 is 2.36 bits per heavy atom. The highest BCUT2D eigenvalue weighted by atomic mass is 16.4. The molecule has 0 fully saturated rings. The summed E-state index contributed by atoms with van der Waals surface area (Å²) in [6.07, 6.45) is 1.39. The van der Waals surface area contributed by atoms with Gasteiger partial charge in [-0.15, -0.1) is 0 Å². The molecule has 0 aliphatic carbocycles. The summed E-state index contributed by atoms with van der Waals surface area (Å²) >= 11 is 0. The van der Waals surface area contributed by atoms with E-state index in [4.69, 9.17) is 5.11 Å². The molecule has 1 heterocycles. The van der Waals surface area contributed by atoms with E-state index in [1.807, 2.05) is 18.9 Å². The number of aromatic carboxylic acids is 1. The maximum atomic E-state index is 10.8. The van der Waals surface area contributed by atoms with Crippen LogP contribution in [0.5, 0.6) is 0 Å². The minimum Gasteiger partial charge on any atom is -0.478 e. The summed E-state index contributed by atoms with van der Waals surface area (Å²) in [5, 5.41) is 12.8. The summed E-state index contributed by atoms with van der Waals surface area (Å²) in [5.74, 6) is -0.919. The zero-order chi connectivity index (χ0) is 10.7. The van der Waals surface area contributed by atoms with Crippen LogP contribution in [0.2, 0.25) is 0 Å². The maximum Gasteiger partial charge on any atom is 0.339 e. The predicted molar refractivity (Wildman–Crippen MR) is 52.2 cm³/mol. The van der Waals surface area contributed by atoms with Crippen molar-refractivity contribution in [2.45, 2.75) is 13.5 Å². The molecule has 0 unspecified atom stereocenters. The zero-order valence-electron chi connectivity index (χ0n) is 8.69. The molecule has 0 saturated carbocycles. The van der Waals surface area contributed by atoms with Gasteiger partial charge in [0.05, 0.1) is 11.9 Å². The highest BCUT2D eigenvalue weighted by Gasteiger charge is 2.15. The number of carbonyl (C=O) groups is 1. The fraction of sp³-hybridized carbons (Fsp3) is 0.556. The molecule has 0 saturated heterocycles. The second-order valence-corrected chi connectivity index (χ2v) is 3.26. The Kier molecular flexibility index (Phi) is 3.24. The smallest absolute Gasteiger partial charge is 0.339 e. The van der Waals surface area contributed by atoms with Crippen molar-refractivity contribution < 1.29 is 9.90 Å². The molecule has 0 spiro atoms. The lowest BCUT2D eigenvalue weighted by molar-refractivity contribution is 0.0694. The van der Waals surface area contributed by atoms with E-state index in [0.717, 1.165) is 12.2 Å². The van der Waals surface area contributed by atoms with E-state index in [9.17, 15) is 4.79 Å². The standard InChI is InChI=1S/C9H15N3O2/c1-4-11(2)6-8-7(9(13)14)5-10-12(8)3/h5H,4,6H2,1-3H3,(H,13,14). The lowest BCUT2D eigenvalue weighted by Crippen LogP contribution is -2.20. The van der Waals surface area contributed by atoms with Gasteiger partial charge < -0.3 is 10.0 Å². The Bertz CT molecular complexity index is 333. The van der Waals surface area contributed by atoms with Gasteiger partial charge in [0.25, 0.3) is 0 Å². The van der Waals surface area contributed by atoms with Gasteiger partial charge >= 0.3 is 5.97 Å². The number of carboxylic acids is 1. The fourth-order valence-corrected chi connectivity index (χ4v) is 1.20. The molecule has 0 aromatic carbocycles. The van der Waals surface area contributed by atoms with Gasteiger partial charge in [0.2, 0.25) is 0 Å². The molecule has 0 radical (unpaired) electrons. The van der Waals surface area contributed by atoms with Crippen molar-refractivity contribution in [3.8, 4) is 0 Å². The molecule has 0 amide bonds. The quantitative estimate of drug-likeness (QED) is 0.766. The van der Waals surface area contributed by atoms with Crippen molar-refractivity contribution in [3.63, 3.8) is 0 Å². The number of rotatable bonds is 4. The molecular formula is C9H15N3O2. The summed E-state index contributed by atoms with van der Waals surface area (Å²) in [7, 11) is 3.70. The first kappa shape index (κ1) is 10.7. The third-order valence-corrected chi connectivity index (χ3v) is 2.25. The second kappa shape index (κ2) is 4.23. The first-order chi connectivity index (χ1) is 6.56. The minimum absolute atomic E-state index is 0.285. The molecule has 14 heavy (non-hydrogen) atoms. The summed E-state index contributed by atoms with van der Waals surface area (Å²) in [5.41, 5.74) is 1.02. The molecule has 0 atom stereocenters. The minimum atomic E-state index is -0.919. The van der Waals surface area contributed by atoms with Crippen molar-refractivity contribution in [1.29, 1.82) is 0 Å². The summed E-state index contributed by atoms with van der Waals surface area (Å²) in [6, 6.07) is 0. The molecule has 1 rings (SSSR count). The number of nitrogens with zero attached hydrogens (tertiary/aromatic N) is 3. The van der Waals surface area contributed by atoms with Crippen molar-refractivity contribution in [3.05, 3.63) is 17.5 Å². The van der Waals surface area contributed by atoms with Crippen LogP contribution in [0.3, 0.4) is 0 Å². The topological polar surface area (TPSA) is 58.4 Å². The highest BCUT2D eigenvalue weighted by Crippen LogP contribution is 2.09. The number of hydrogen-bond donors (Lipinski definition) is 1.